The molecule has 0 bridgehead atoms. The van der Waals surface area contributed by atoms with Gasteiger partial charge >= 0.3 is 0 Å². The summed E-state index contributed by atoms with van der Waals surface area (Å²) < 4.78 is 5.42. The van der Waals surface area contributed by atoms with Crippen LogP contribution in [0.3, 0.4) is 0 Å². The minimum Gasteiger partial charge on any atom is -0.376 e. The van der Waals surface area contributed by atoms with Crippen LogP contribution >= 0.6 is 12.4 Å². The van der Waals surface area contributed by atoms with Gasteiger partial charge in [0.15, 0.2) is 0 Å². The SMILES string of the molecule is CCCC(C)(N)C(=O)NCC1CCCO1.Cl. The number of carbonyl (C=O) groups excluding carboxylic acids is 1. The number of carbonyl (C=O) groups is 1. The molecule has 1 aliphatic heterocycles. The smallest absolute Gasteiger partial charge is 0.239 e. The van der Waals surface area contributed by atoms with E-state index in [1.54, 1.807) is 6.92 Å². The fourth-order valence-electron chi connectivity index (χ4n) is 1.85. The van der Waals surface area contributed by atoms with E-state index in [2.05, 4.69) is 5.32 Å². The fraction of sp³-hybridized carbons (Fsp3) is 0.909. The van der Waals surface area contributed by atoms with Gasteiger partial charge in [-0.25, -0.2) is 0 Å². The van der Waals surface area contributed by atoms with Crippen LogP contribution in [0.2, 0.25) is 0 Å². The molecule has 5 heteroatoms. The molecule has 2 atom stereocenters. The van der Waals surface area contributed by atoms with E-state index in [0.717, 1.165) is 25.9 Å². The van der Waals surface area contributed by atoms with Crippen molar-refractivity contribution in [2.45, 2.75) is 51.2 Å². The standard InChI is InChI=1S/C11H22N2O2.ClH/c1-3-6-11(2,12)10(14)13-8-9-5-4-7-15-9;/h9H,3-8,12H2,1-2H3,(H,13,14);1H. The van der Waals surface area contributed by atoms with Crippen molar-refractivity contribution < 1.29 is 9.53 Å². The first-order valence-electron chi connectivity index (χ1n) is 5.75. The monoisotopic (exact) mass is 250 g/mol. The van der Waals surface area contributed by atoms with Crippen molar-refractivity contribution in [2.75, 3.05) is 13.2 Å². The minimum atomic E-state index is -0.743. The van der Waals surface area contributed by atoms with Gasteiger partial charge in [-0.1, -0.05) is 13.3 Å². The first-order chi connectivity index (χ1) is 7.06. The van der Waals surface area contributed by atoms with Crippen molar-refractivity contribution in [1.82, 2.24) is 5.32 Å². The maximum absolute atomic E-state index is 11.7. The van der Waals surface area contributed by atoms with Gasteiger partial charge in [0.25, 0.3) is 0 Å². The highest BCUT2D eigenvalue weighted by Gasteiger charge is 2.27. The largest absolute Gasteiger partial charge is 0.376 e. The lowest BCUT2D eigenvalue weighted by atomic mass is 9.96. The highest BCUT2D eigenvalue weighted by molar-refractivity contribution is 5.85. The average molecular weight is 251 g/mol. The van der Waals surface area contributed by atoms with E-state index >= 15 is 0 Å². The molecular weight excluding hydrogens is 228 g/mol. The molecule has 0 aromatic heterocycles. The van der Waals surface area contributed by atoms with Gasteiger partial charge in [0.2, 0.25) is 5.91 Å². The summed E-state index contributed by atoms with van der Waals surface area (Å²) in [4.78, 5) is 11.7. The number of halogens is 1. The van der Waals surface area contributed by atoms with E-state index in [4.69, 9.17) is 10.5 Å². The van der Waals surface area contributed by atoms with Gasteiger partial charge in [-0.15, -0.1) is 12.4 Å². The lowest BCUT2D eigenvalue weighted by Gasteiger charge is -2.23. The maximum Gasteiger partial charge on any atom is 0.239 e. The average Bonchev–Trinajstić information content (AvgIpc) is 2.66. The zero-order valence-electron chi connectivity index (χ0n) is 10.1. The molecule has 1 fully saturated rings. The fourth-order valence-corrected chi connectivity index (χ4v) is 1.85. The predicted octanol–water partition coefficient (Wildman–Crippen LogP) is 1.22. The van der Waals surface area contributed by atoms with E-state index in [9.17, 15) is 4.79 Å². The Labute approximate surface area is 104 Å². The summed E-state index contributed by atoms with van der Waals surface area (Å²) in [6, 6.07) is 0. The summed E-state index contributed by atoms with van der Waals surface area (Å²) in [6.07, 6.45) is 3.95. The summed E-state index contributed by atoms with van der Waals surface area (Å²) >= 11 is 0. The van der Waals surface area contributed by atoms with Crippen LogP contribution in [0.4, 0.5) is 0 Å². The molecule has 16 heavy (non-hydrogen) atoms. The van der Waals surface area contributed by atoms with Crippen LogP contribution in [0.15, 0.2) is 0 Å². The molecule has 0 aromatic carbocycles. The van der Waals surface area contributed by atoms with Crippen molar-refractivity contribution in [1.29, 1.82) is 0 Å². The van der Waals surface area contributed by atoms with Gasteiger partial charge in [0.1, 0.15) is 0 Å². The lowest BCUT2D eigenvalue weighted by molar-refractivity contribution is -0.126. The molecular formula is C11H23ClN2O2. The molecule has 0 radical (unpaired) electrons. The molecule has 2 unspecified atom stereocenters. The molecule has 1 saturated heterocycles. The van der Waals surface area contributed by atoms with Gasteiger partial charge in [-0.2, -0.15) is 0 Å². The van der Waals surface area contributed by atoms with Crippen LogP contribution in [-0.4, -0.2) is 30.7 Å². The lowest BCUT2D eigenvalue weighted by Crippen LogP contribution is -2.52. The molecule has 0 aromatic rings. The molecule has 1 heterocycles. The number of hydrogen-bond donors (Lipinski definition) is 2. The van der Waals surface area contributed by atoms with E-state index in [0.29, 0.717) is 13.0 Å². The molecule has 3 N–H and O–H groups in total. The van der Waals surface area contributed by atoms with Gasteiger partial charge in [0, 0.05) is 13.2 Å². The first kappa shape index (κ1) is 15.7. The number of hydrogen-bond acceptors (Lipinski definition) is 3. The van der Waals surface area contributed by atoms with Crippen molar-refractivity contribution in [3.63, 3.8) is 0 Å². The van der Waals surface area contributed by atoms with Crippen LogP contribution in [0.1, 0.15) is 39.5 Å². The summed E-state index contributed by atoms with van der Waals surface area (Å²) in [7, 11) is 0. The number of nitrogens with two attached hydrogens (primary N) is 1. The van der Waals surface area contributed by atoms with Crippen molar-refractivity contribution in [2.24, 2.45) is 5.73 Å². The van der Waals surface area contributed by atoms with Gasteiger partial charge < -0.3 is 15.8 Å². The zero-order valence-corrected chi connectivity index (χ0v) is 10.9. The number of nitrogens with one attached hydrogen (secondary N) is 1. The summed E-state index contributed by atoms with van der Waals surface area (Å²) in [6.45, 7) is 5.21. The van der Waals surface area contributed by atoms with Crippen LogP contribution in [0, 0.1) is 0 Å². The van der Waals surface area contributed by atoms with Gasteiger partial charge in [-0.05, 0) is 26.2 Å². The van der Waals surface area contributed by atoms with E-state index in [1.807, 2.05) is 6.92 Å². The zero-order chi connectivity index (χ0) is 11.3. The summed E-state index contributed by atoms with van der Waals surface area (Å²) in [5.41, 5.74) is 5.16. The molecule has 1 rings (SSSR count). The third kappa shape index (κ3) is 4.68. The summed E-state index contributed by atoms with van der Waals surface area (Å²) in [5, 5.41) is 2.86. The Morgan fingerprint density at radius 2 is 2.31 bits per heavy atom. The van der Waals surface area contributed by atoms with Gasteiger partial charge in [-0.3, -0.25) is 4.79 Å². The highest BCUT2D eigenvalue weighted by atomic mass is 35.5. The van der Waals surface area contributed by atoms with Crippen LogP contribution in [0.5, 0.6) is 0 Å². The van der Waals surface area contributed by atoms with Crippen LogP contribution < -0.4 is 11.1 Å². The minimum absolute atomic E-state index is 0. The number of ether oxygens (including phenoxy) is 1. The second-order valence-electron chi connectivity index (χ2n) is 4.51. The Bertz CT molecular complexity index is 216. The van der Waals surface area contributed by atoms with Crippen molar-refractivity contribution in [3.8, 4) is 0 Å². The van der Waals surface area contributed by atoms with E-state index in [-0.39, 0.29) is 24.4 Å². The number of rotatable bonds is 5. The topological polar surface area (TPSA) is 64.4 Å². The van der Waals surface area contributed by atoms with Crippen molar-refractivity contribution >= 4 is 18.3 Å². The first-order valence-corrected chi connectivity index (χ1v) is 5.75. The summed E-state index contributed by atoms with van der Waals surface area (Å²) in [5.74, 6) is -0.0696. The van der Waals surface area contributed by atoms with Gasteiger partial charge in [0.05, 0.1) is 11.6 Å². The second-order valence-corrected chi connectivity index (χ2v) is 4.51. The second kappa shape index (κ2) is 7.09. The highest BCUT2D eigenvalue weighted by Crippen LogP contribution is 2.12. The molecule has 0 aliphatic carbocycles. The molecule has 0 spiro atoms. The van der Waals surface area contributed by atoms with E-state index < -0.39 is 5.54 Å². The van der Waals surface area contributed by atoms with Crippen molar-refractivity contribution in [3.05, 3.63) is 0 Å². The Hall–Kier alpha value is -0.320. The predicted molar refractivity (Wildman–Crippen MR) is 66.7 cm³/mol. The molecule has 1 aliphatic rings. The molecule has 1 amide bonds. The number of amides is 1. The Kier molecular flexibility index (Phi) is 6.95. The normalized spacial score (nSPS) is 23.3. The quantitative estimate of drug-likeness (QED) is 0.771. The molecule has 0 saturated carbocycles. The molecule has 96 valence electrons. The Morgan fingerprint density at radius 3 is 2.81 bits per heavy atom. The Balaban J connectivity index is 0.00000225. The third-order valence-electron chi connectivity index (χ3n) is 2.80. The third-order valence-corrected chi connectivity index (χ3v) is 2.80. The van der Waals surface area contributed by atoms with E-state index in [1.165, 1.54) is 0 Å². The van der Waals surface area contributed by atoms with Crippen LogP contribution in [0.25, 0.3) is 0 Å². The molecule has 4 nitrogen and oxygen atoms in total. The van der Waals surface area contributed by atoms with Crippen LogP contribution in [-0.2, 0) is 9.53 Å². The maximum atomic E-state index is 11.7. The Morgan fingerprint density at radius 1 is 1.62 bits per heavy atom.